The van der Waals surface area contributed by atoms with Crippen molar-refractivity contribution in [3.63, 3.8) is 0 Å². The van der Waals surface area contributed by atoms with Gasteiger partial charge in [0, 0.05) is 6.54 Å². The van der Waals surface area contributed by atoms with Crippen molar-refractivity contribution in [3.05, 3.63) is 65.0 Å². The van der Waals surface area contributed by atoms with Crippen LogP contribution in [0.25, 0.3) is 0 Å². The molecule has 0 fully saturated rings. The Morgan fingerprint density at radius 1 is 1.14 bits per heavy atom. The van der Waals surface area contributed by atoms with Crippen molar-refractivity contribution < 1.29 is 13.9 Å². The molecule has 0 heterocycles. The van der Waals surface area contributed by atoms with E-state index in [2.05, 4.69) is 5.32 Å². The second-order valence-corrected chi connectivity index (χ2v) is 5.11. The molecule has 0 aliphatic rings. The minimum absolute atomic E-state index is 0.0638. The van der Waals surface area contributed by atoms with Crippen LogP contribution in [-0.2, 0) is 17.8 Å². The van der Waals surface area contributed by atoms with Gasteiger partial charge in [-0.25, -0.2) is 4.39 Å². The summed E-state index contributed by atoms with van der Waals surface area (Å²) in [5.41, 5.74) is 2.40. The maximum absolute atomic E-state index is 13.2. The van der Waals surface area contributed by atoms with E-state index in [1.54, 1.807) is 19.1 Å². The quantitative estimate of drug-likeness (QED) is 0.888. The van der Waals surface area contributed by atoms with Gasteiger partial charge >= 0.3 is 0 Å². The molecular formula is C18H20FNO2. The summed E-state index contributed by atoms with van der Waals surface area (Å²) >= 11 is 0. The lowest BCUT2D eigenvalue weighted by atomic mass is 10.1. The molecule has 1 amide bonds. The normalized spacial score (nSPS) is 10.3. The number of amides is 1. The number of carbonyl (C=O) groups excluding carboxylic acids is 1. The van der Waals surface area contributed by atoms with Gasteiger partial charge in [0.1, 0.15) is 11.6 Å². The number of hydrogen-bond donors (Lipinski definition) is 1. The van der Waals surface area contributed by atoms with E-state index in [1.807, 2.05) is 31.2 Å². The highest BCUT2D eigenvalue weighted by Crippen LogP contribution is 2.13. The number of hydrogen-bond acceptors (Lipinski definition) is 2. The standard InChI is InChI=1S/C18H20FNO2/c1-3-22-16-7-4-14(5-8-16)11-18(21)20-12-15-6-9-17(19)13(2)10-15/h4-10H,3,11-12H2,1-2H3,(H,20,21). The minimum Gasteiger partial charge on any atom is -0.494 e. The van der Waals surface area contributed by atoms with Crippen molar-refractivity contribution in [2.75, 3.05) is 6.61 Å². The largest absolute Gasteiger partial charge is 0.494 e. The first-order valence-electron chi connectivity index (χ1n) is 7.32. The lowest BCUT2D eigenvalue weighted by molar-refractivity contribution is -0.120. The van der Waals surface area contributed by atoms with Crippen LogP contribution >= 0.6 is 0 Å². The van der Waals surface area contributed by atoms with E-state index in [1.165, 1.54) is 6.07 Å². The first-order valence-corrected chi connectivity index (χ1v) is 7.32. The fourth-order valence-electron chi connectivity index (χ4n) is 2.14. The van der Waals surface area contributed by atoms with Crippen LogP contribution in [0.5, 0.6) is 5.75 Å². The molecule has 0 unspecified atom stereocenters. The van der Waals surface area contributed by atoms with Crippen LogP contribution in [0, 0.1) is 12.7 Å². The van der Waals surface area contributed by atoms with Gasteiger partial charge in [-0.3, -0.25) is 4.79 Å². The number of rotatable bonds is 6. The molecule has 116 valence electrons. The van der Waals surface area contributed by atoms with Gasteiger partial charge in [-0.2, -0.15) is 0 Å². The molecule has 0 saturated heterocycles. The van der Waals surface area contributed by atoms with Gasteiger partial charge in [-0.05, 0) is 48.7 Å². The molecule has 0 spiro atoms. The molecule has 2 aromatic carbocycles. The van der Waals surface area contributed by atoms with E-state index in [0.717, 1.165) is 16.9 Å². The Hall–Kier alpha value is -2.36. The Kier molecular flexibility index (Phi) is 5.53. The third kappa shape index (κ3) is 4.58. The van der Waals surface area contributed by atoms with Gasteiger partial charge in [-0.15, -0.1) is 0 Å². The van der Waals surface area contributed by atoms with Gasteiger partial charge in [0.2, 0.25) is 5.91 Å². The van der Waals surface area contributed by atoms with Crippen molar-refractivity contribution >= 4 is 5.91 Å². The second kappa shape index (κ2) is 7.59. The van der Waals surface area contributed by atoms with Crippen molar-refractivity contribution in [2.24, 2.45) is 0 Å². The van der Waals surface area contributed by atoms with E-state index < -0.39 is 0 Å². The fourth-order valence-corrected chi connectivity index (χ4v) is 2.14. The summed E-state index contributed by atoms with van der Waals surface area (Å²) in [4.78, 5) is 11.9. The highest BCUT2D eigenvalue weighted by molar-refractivity contribution is 5.78. The lowest BCUT2D eigenvalue weighted by Gasteiger charge is -2.08. The highest BCUT2D eigenvalue weighted by Gasteiger charge is 2.05. The van der Waals surface area contributed by atoms with Crippen LogP contribution in [0.1, 0.15) is 23.6 Å². The first-order chi connectivity index (χ1) is 10.6. The maximum Gasteiger partial charge on any atom is 0.224 e. The maximum atomic E-state index is 13.2. The zero-order valence-corrected chi connectivity index (χ0v) is 12.9. The number of halogens is 1. The predicted octanol–water partition coefficient (Wildman–Crippen LogP) is 3.39. The molecule has 2 rings (SSSR count). The Bertz CT molecular complexity index is 638. The van der Waals surface area contributed by atoms with Crippen molar-refractivity contribution in [2.45, 2.75) is 26.8 Å². The van der Waals surface area contributed by atoms with Crippen molar-refractivity contribution in [3.8, 4) is 5.75 Å². The van der Waals surface area contributed by atoms with E-state index in [-0.39, 0.29) is 11.7 Å². The van der Waals surface area contributed by atoms with Gasteiger partial charge in [0.05, 0.1) is 13.0 Å². The molecule has 3 nitrogen and oxygen atoms in total. The van der Waals surface area contributed by atoms with E-state index in [4.69, 9.17) is 4.74 Å². The zero-order chi connectivity index (χ0) is 15.9. The van der Waals surface area contributed by atoms with Crippen LogP contribution in [0.15, 0.2) is 42.5 Å². The van der Waals surface area contributed by atoms with Gasteiger partial charge in [0.15, 0.2) is 0 Å². The Morgan fingerprint density at radius 3 is 2.45 bits per heavy atom. The van der Waals surface area contributed by atoms with Crippen LogP contribution in [0.3, 0.4) is 0 Å². The molecule has 0 aliphatic carbocycles. The average Bonchev–Trinajstić information content (AvgIpc) is 2.51. The van der Waals surface area contributed by atoms with Crippen LogP contribution in [0.2, 0.25) is 0 Å². The monoisotopic (exact) mass is 301 g/mol. The topological polar surface area (TPSA) is 38.3 Å². The molecule has 0 atom stereocenters. The number of ether oxygens (including phenoxy) is 1. The molecule has 2 aromatic rings. The summed E-state index contributed by atoms with van der Waals surface area (Å²) in [6, 6.07) is 12.3. The number of aryl methyl sites for hydroxylation is 1. The minimum atomic E-state index is -0.232. The molecule has 0 aliphatic heterocycles. The van der Waals surface area contributed by atoms with E-state index in [9.17, 15) is 9.18 Å². The Morgan fingerprint density at radius 2 is 1.82 bits per heavy atom. The van der Waals surface area contributed by atoms with Crippen LogP contribution in [0.4, 0.5) is 4.39 Å². The summed E-state index contributed by atoms with van der Waals surface area (Å²) in [5, 5.41) is 2.84. The van der Waals surface area contributed by atoms with Gasteiger partial charge in [0.25, 0.3) is 0 Å². The molecular weight excluding hydrogens is 281 g/mol. The molecule has 4 heteroatoms. The average molecular weight is 301 g/mol. The molecule has 1 N–H and O–H groups in total. The first kappa shape index (κ1) is 16.0. The molecule has 22 heavy (non-hydrogen) atoms. The zero-order valence-electron chi connectivity index (χ0n) is 12.9. The molecule has 0 bridgehead atoms. The van der Waals surface area contributed by atoms with Crippen molar-refractivity contribution in [1.29, 1.82) is 0 Å². The third-order valence-corrected chi connectivity index (χ3v) is 3.31. The Balaban J connectivity index is 1.85. The molecule has 0 saturated carbocycles. The second-order valence-electron chi connectivity index (χ2n) is 5.11. The summed E-state index contributed by atoms with van der Waals surface area (Å²) in [7, 11) is 0. The van der Waals surface area contributed by atoms with E-state index >= 15 is 0 Å². The fraction of sp³-hybridized carbons (Fsp3) is 0.278. The highest BCUT2D eigenvalue weighted by atomic mass is 19.1. The van der Waals surface area contributed by atoms with Crippen molar-refractivity contribution in [1.82, 2.24) is 5.32 Å². The smallest absolute Gasteiger partial charge is 0.224 e. The predicted molar refractivity (Wildman–Crippen MR) is 84.3 cm³/mol. The summed E-state index contributed by atoms with van der Waals surface area (Å²) in [5.74, 6) is 0.504. The summed E-state index contributed by atoms with van der Waals surface area (Å²) in [6.45, 7) is 4.66. The third-order valence-electron chi connectivity index (χ3n) is 3.31. The van der Waals surface area contributed by atoms with E-state index in [0.29, 0.717) is 25.1 Å². The Labute approximate surface area is 130 Å². The summed E-state index contributed by atoms with van der Waals surface area (Å²) in [6.07, 6.45) is 0.312. The number of nitrogens with one attached hydrogen (secondary N) is 1. The molecule has 0 radical (unpaired) electrons. The van der Waals surface area contributed by atoms with Gasteiger partial charge < -0.3 is 10.1 Å². The molecule has 0 aromatic heterocycles. The van der Waals surface area contributed by atoms with Crippen LogP contribution in [-0.4, -0.2) is 12.5 Å². The van der Waals surface area contributed by atoms with Crippen LogP contribution < -0.4 is 10.1 Å². The lowest BCUT2D eigenvalue weighted by Crippen LogP contribution is -2.24. The number of carbonyl (C=O) groups is 1. The SMILES string of the molecule is CCOc1ccc(CC(=O)NCc2ccc(F)c(C)c2)cc1. The van der Waals surface area contributed by atoms with Gasteiger partial charge in [-0.1, -0.05) is 24.3 Å². The number of benzene rings is 2. The summed E-state index contributed by atoms with van der Waals surface area (Å²) < 4.78 is 18.5.